The highest BCUT2D eigenvalue weighted by molar-refractivity contribution is 8.26. The summed E-state index contributed by atoms with van der Waals surface area (Å²) >= 11 is 6.24. The fraction of sp³-hybridized carbons (Fsp3) is 0.267. The minimum Gasteiger partial charge on any atom is -0.466 e. The molecule has 7 heteroatoms. The van der Waals surface area contributed by atoms with Gasteiger partial charge < -0.3 is 4.74 Å². The van der Waals surface area contributed by atoms with Crippen molar-refractivity contribution in [3.63, 3.8) is 0 Å². The Kier molecular flexibility index (Phi) is 5.68. The van der Waals surface area contributed by atoms with Crippen molar-refractivity contribution in [1.82, 2.24) is 4.90 Å². The Balaban J connectivity index is 2.09. The molecule has 4 nitrogen and oxygen atoms in total. The van der Waals surface area contributed by atoms with Crippen LogP contribution in [0.15, 0.2) is 29.2 Å². The molecule has 0 unspecified atom stereocenters. The highest BCUT2D eigenvalue weighted by Gasteiger charge is 2.32. The summed E-state index contributed by atoms with van der Waals surface area (Å²) < 4.78 is 18.8. The van der Waals surface area contributed by atoms with Crippen LogP contribution < -0.4 is 0 Å². The Bertz CT molecular complexity index is 645. The quantitative estimate of drug-likeness (QED) is 0.469. The first-order valence-corrected chi connectivity index (χ1v) is 7.91. The highest BCUT2D eigenvalue weighted by atomic mass is 32.2. The van der Waals surface area contributed by atoms with Gasteiger partial charge in [-0.3, -0.25) is 14.5 Å². The fourth-order valence-electron chi connectivity index (χ4n) is 1.86. The topological polar surface area (TPSA) is 46.6 Å². The zero-order valence-electron chi connectivity index (χ0n) is 11.9. The summed E-state index contributed by atoms with van der Waals surface area (Å²) in [6.45, 7) is 2.18. The van der Waals surface area contributed by atoms with Crippen LogP contribution >= 0.6 is 24.0 Å². The number of rotatable bonds is 5. The van der Waals surface area contributed by atoms with Crippen molar-refractivity contribution in [2.45, 2.75) is 13.3 Å². The maximum atomic E-state index is 13.6. The number of thiocarbonyl (C=S) groups is 1. The van der Waals surface area contributed by atoms with Crippen molar-refractivity contribution in [1.29, 1.82) is 0 Å². The number of benzene rings is 1. The summed E-state index contributed by atoms with van der Waals surface area (Å²) in [6, 6.07) is 6.18. The summed E-state index contributed by atoms with van der Waals surface area (Å²) in [4.78, 5) is 25.3. The minimum absolute atomic E-state index is 0.0766. The SMILES string of the molecule is CCOC(=O)CCN1C(=O)/C(=C/c2ccccc2F)SC1=S. The van der Waals surface area contributed by atoms with E-state index in [9.17, 15) is 14.0 Å². The van der Waals surface area contributed by atoms with Crippen molar-refractivity contribution < 1.29 is 18.7 Å². The van der Waals surface area contributed by atoms with Gasteiger partial charge >= 0.3 is 5.97 Å². The molecule has 116 valence electrons. The van der Waals surface area contributed by atoms with Gasteiger partial charge in [-0.15, -0.1) is 0 Å². The number of hydrogen-bond acceptors (Lipinski definition) is 5. The number of amides is 1. The first-order chi connectivity index (χ1) is 10.5. The molecular formula is C15H14FNO3S2. The second-order valence-corrected chi connectivity index (χ2v) is 6.09. The maximum Gasteiger partial charge on any atom is 0.307 e. The second kappa shape index (κ2) is 7.51. The zero-order chi connectivity index (χ0) is 16.1. The fourth-order valence-corrected chi connectivity index (χ4v) is 3.16. The van der Waals surface area contributed by atoms with Gasteiger partial charge in [0, 0.05) is 12.1 Å². The first kappa shape index (κ1) is 16.6. The molecule has 0 radical (unpaired) electrons. The molecule has 0 N–H and O–H groups in total. The first-order valence-electron chi connectivity index (χ1n) is 6.68. The smallest absolute Gasteiger partial charge is 0.307 e. The third-order valence-electron chi connectivity index (χ3n) is 2.91. The molecule has 1 amide bonds. The number of esters is 1. The van der Waals surface area contributed by atoms with Crippen LogP contribution in [0.25, 0.3) is 6.08 Å². The molecule has 0 aromatic heterocycles. The third-order valence-corrected chi connectivity index (χ3v) is 4.29. The van der Waals surface area contributed by atoms with E-state index in [2.05, 4.69) is 0 Å². The van der Waals surface area contributed by atoms with Crippen molar-refractivity contribution in [3.8, 4) is 0 Å². The molecule has 0 atom stereocenters. The number of carbonyl (C=O) groups excluding carboxylic acids is 2. The normalized spacial score (nSPS) is 16.5. The van der Waals surface area contributed by atoms with Gasteiger partial charge in [0.05, 0.1) is 17.9 Å². The van der Waals surface area contributed by atoms with Crippen LogP contribution in [0.4, 0.5) is 4.39 Å². The molecule has 0 bridgehead atoms. The Morgan fingerprint density at radius 3 is 2.86 bits per heavy atom. The molecule has 1 aromatic carbocycles. The van der Waals surface area contributed by atoms with Crippen molar-refractivity contribution in [2.75, 3.05) is 13.2 Å². The summed E-state index contributed by atoms with van der Waals surface area (Å²) in [5.41, 5.74) is 0.327. The van der Waals surface area contributed by atoms with Crippen molar-refractivity contribution in [3.05, 3.63) is 40.6 Å². The van der Waals surface area contributed by atoms with Crippen LogP contribution in [0.1, 0.15) is 18.9 Å². The van der Waals surface area contributed by atoms with Crippen LogP contribution in [0.5, 0.6) is 0 Å². The van der Waals surface area contributed by atoms with Gasteiger partial charge in [0.25, 0.3) is 5.91 Å². The summed E-state index contributed by atoms with van der Waals surface area (Å²) in [7, 11) is 0. The summed E-state index contributed by atoms with van der Waals surface area (Å²) in [6.07, 6.45) is 1.55. The Labute approximate surface area is 137 Å². The molecule has 0 aliphatic carbocycles. The largest absolute Gasteiger partial charge is 0.466 e. The van der Waals surface area contributed by atoms with E-state index >= 15 is 0 Å². The van der Waals surface area contributed by atoms with Gasteiger partial charge in [-0.2, -0.15) is 0 Å². The van der Waals surface area contributed by atoms with Crippen molar-refractivity contribution in [2.24, 2.45) is 0 Å². The van der Waals surface area contributed by atoms with E-state index in [1.165, 1.54) is 17.0 Å². The number of nitrogens with zero attached hydrogens (tertiary/aromatic N) is 1. The molecule has 2 rings (SSSR count). The highest BCUT2D eigenvalue weighted by Crippen LogP contribution is 2.32. The monoisotopic (exact) mass is 339 g/mol. The molecule has 1 saturated heterocycles. The van der Waals surface area contributed by atoms with Crippen LogP contribution in [0.3, 0.4) is 0 Å². The van der Waals surface area contributed by atoms with E-state index in [1.807, 2.05) is 0 Å². The number of ether oxygens (including phenoxy) is 1. The molecular weight excluding hydrogens is 325 g/mol. The second-order valence-electron chi connectivity index (χ2n) is 4.41. The Morgan fingerprint density at radius 2 is 2.18 bits per heavy atom. The standard InChI is InChI=1S/C15H14FNO3S2/c1-2-20-13(18)7-8-17-14(19)12(22-15(17)21)9-10-5-3-4-6-11(10)16/h3-6,9H,2,7-8H2,1H3/b12-9-. The number of hydrogen-bond donors (Lipinski definition) is 0. The molecule has 0 saturated carbocycles. The van der Waals surface area contributed by atoms with Gasteiger partial charge in [-0.05, 0) is 19.1 Å². The van der Waals surface area contributed by atoms with E-state index in [0.717, 1.165) is 11.8 Å². The van der Waals surface area contributed by atoms with E-state index in [4.69, 9.17) is 17.0 Å². The molecule has 1 aliphatic rings. The maximum absolute atomic E-state index is 13.6. The zero-order valence-corrected chi connectivity index (χ0v) is 13.5. The van der Waals surface area contributed by atoms with Gasteiger partial charge in [0.15, 0.2) is 0 Å². The lowest BCUT2D eigenvalue weighted by molar-refractivity contribution is -0.143. The van der Waals surface area contributed by atoms with Crippen molar-refractivity contribution >= 4 is 46.3 Å². The molecule has 22 heavy (non-hydrogen) atoms. The minimum atomic E-state index is -0.403. The van der Waals surface area contributed by atoms with Gasteiger partial charge in [-0.1, -0.05) is 42.2 Å². The van der Waals surface area contributed by atoms with Crippen LogP contribution in [-0.2, 0) is 14.3 Å². The molecule has 1 fully saturated rings. The summed E-state index contributed by atoms with van der Waals surface area (Å²) in [5.74, 6) is -1.10. The lowest BCUT2D eigenvalue weighted by Gasteiger charge is -2.13. The predicted octanol–water partition coefficient (Wildman–Crippen LogP) is 2.98. The van der Waals surface area contributed by atoms with Gasteiger partial charge in [0.1, 0.15) is 10.1 Å². The van der Waals surface area contributed by atoms with Gasteiger partial charge in [0.2, 0.25) is 0 Å². The third kappa shape index (κ3) is 3.92. The number of carbonyl (C=O) groups is 2. The lowest BCUT2D eigenvalue weighted by atomic mass is 10.2. The number of thioether (sulfide) groups is 1. The Hall–Kier alpha value is -1.73. The van der Waals surface area contributed by atoms with Crippen LogP contribution in [0, 0.1) is 5.82 Å². The molecule has 1 aromatic rings. The van der Waals surface area contributed by atoms with Crippen LogP contribution in [0.2, 0.25) is 0 Å². The van der Waals surface area contributed by atoms with E-state index in [0.29, 0.717) is 21.4 Å². The lowest BCUT2D eigenvalue weighted by Crippen LogP contribution is -2.30. The van der Waals surface area contributed by atoms with Gasteiger partial charge in [-0.25, -0.2) is 4.39 Å². The Morgan fingerprint density at radius 1 is 1.45 bits per heavy atom. The predicted molar refractivity (Wildman–Crippen MR) is 87.5 cm³/mol. The molecule has 1 aliphatic heterocycles. The summed E-state index contributed by atoms with van der Waals surface area (Å²) in [5, 5.41) is 0. The molecule has 0 spiro atoms. The van der Waals surface area contributed by atoms with Crippen LogP contribution in [-0.4, -0.2) is 34.2 Å². The van der Waals surface area contributed by atoms with E-state index < -0.39 is 5.82 Å². The number of halogens is 1. The molecule has 1 heterocycles. The average Bonchev–Trinajstić information content (AvgIpc) is 2.74. The van der Waals surface area contributed by atoms with E-state index in [-0.39, 0.29) is 24.8 Å². The average molecular weight is 339 g/mol. The van der Waals surface area contributed by atoms with E-state index in [1.54, 1.807) is 25.1 Å².